The summed E-state index contributed by atoms with van der Waals surface area (Å²) in [6.45, 7) is 7.61. The Morgan fingerprint density at radius 2 is 2.20 bits per heavy atom. The Morgan fingerprint density at radius 3 is 2.85 bits per heavy atom. The van der Waals surface area contributed by atoms with Crippen molar-refractivity contribution in [3.8, 4) is 0 Å². The van der Waals surface area contributed by atoms with Gasteiger partial charge >= 0.3 is 0 Å². The fourth-order valence-corrected chi connectivity index (χ4v) is 3.78. The van der Waals surface area contributed by atoms with Gasteiger partial charge < -0.3 is 5.32 Å². The normalized spacial score (nSPS) is 31.5. The van der Waals surface area contributed by atoms with Crippen molar-refractivity contribution in [3.05, 3.63) is 34.1 Å². The second kappa shape index (κ2) is 5.39. The molecule has 2 nitrogen and oxygen atoms in total. The van der Waals surface area contributed by atoms with Crippen molar-refractivity contribution in [3.63, 3.8) is 0 Å². The first-order valence-corrected chi connectivity index (χ1v) is 8.21. The molecule has 2 fully saturated rings. The highest BCUT2D eigenvalue weighted by molar-refractivity contribution is 9.10. The molecule has 1 saturated carbocycles. The zero-order chi connectivity index (χ0) is 14.3. The molecule has 2 unspecified atom stereocenters. The molecule has 2 atom stereocenters. The maximum Gasteiger partial charge on any atom is 0.124 e. The second-order valence-corrected chi connectivity index (χ2v) is 7.38. The van der Waals surface area contributed by atoms with Crippen LogP contribution in [0.3, 0.4) is 0 Å². The molecular weight excluding hydrogens is 319 g/mol. The zero-order valence-electron chi connectivity index (χ0n) is 12.1. The van der Waals surface area contributed by atoms with Gasteiger partial charge in [0.1, 0.15) is 5.82 Å². The summed E-state index contributed by atoms with van der Waals surface area (Å²) in [5.74, 6) is 0.626. The van der Waals surface area contributed by atoms with E-state index in [1.54, 1.807) is 12.1 Å². The topological polar surface area (TPSA) is 15.3 Å². The maximum absolute atomic E-state index is 13.2. The highest BCUT2D eigenvalue weighted by Gasteiger charge is 2.47. The first kappa shape index (κ1) is 14.5. The average Bonchev–Trinajstić information content (AvgIpc) is 3.22. The summed E-state index contributed by atoms with van der Waals surface area (Å²) < 4.78 is 14.1. The molecule has 1 heterocycles. The number of nitrogens with zero attached hydrogens (tertiary/aromatic N) is 1. The van der Waals surface area contributed by atoms with E-state index in [0.717, 1.165) is 30.0 Å². The van der Waals surface area contributed by atoms with Gasteiger partial charge in [-0.3, -0.25) is 4.90 Å². The summed E-state index contributed by atoms with van der Waals surface area (Å²) in [7, 11) is 0. The monoisotopic (exact) mass is 340 g/mol. The lowest BCUT2D eigenvalue weighted by Crippen LogP contribution is -2.63. The van der Waals surface area contributed by atoms with Crippen LogP contribution in [0.15, 0.2) is 22.7 Å². The Morgan fingerprint density at radius 1 is 1.45 bits per heavy atom. The molecule has 3 rings (SSSR count). The van der Waals surface area contributed by atoms with Gasteiger partial charge in [-0.05, 0) is 50.3 Å². The molecule has 1 saturated heterocycles. The van der Waals surface area contributed by atoms with Crippen LogP contribution in [0.4, 0.5) is 4.39 Å². The molecule has 0 spiro atoms. The van der Waals surface area contributed by atoms with Crippen molar-refractivity contribution in [2.45, 2.75) is 44.8 Å². The number of hydrogen-bond donors (Lipinski definition) is 1. The minimum absolute atomic E-state index is 0.181. The molecule has 110 valence electrons. The van der Waals surface area contributed by atoms with E-state index in [2.05, 4.69) is 40.0 Å². The van der Waals surface area contributed by atoms with Crippen LogP contribution in [0.5, 0.6) is 0 Å². The molecule has 1 aromatic rings. The molecule has 1 aliphatic heterocycles. The van der Waals surface area contributed by atoms with Gasteiger partial charge in [0, 0.05) is 35.7 Å². The predicted octanol–water partition coefficient (Wildman–Crippen LogP) is 3.55. The molecule has 0 amide bonds. The first-order valence-electron chi connectivity index (χ1n) is 7.41. The fourth-order valence-electron chi connectivity index (χ4n) is 3.30. The van der Waals surface area contributed by atoms with Crippen molar-refractivity contribution >= 4 is 15.9 Å². The van der Waals surface area contributed by atoms with Crippen molar-refractivity contribution in [2.24, 2.45) is 5.92 Å². The smallest absolute Gasteiger partial charge is 0.124 e. The summed E-state index contributed by atoms with van der Waals surface area (Å²) in [5, 5.41) is 3.62. The maximum atomic E-state index is 13.2. The molecule has 1 aromatic carbocycles. The van der Waals surface area contributed by atoms with Crippen LogP contribution >= 0.6 is 15.9 Å². The van der Waals surface area contributed by atoms with Gasteiger partial charge in [0.05, 0.1) is 0 Å². The van der Waals surface area contributed by atoms with Crippen molar-refractivity contribution in [1.29, 1.82) is 0 Å². The summed E-state index contributed by atoms with van der Waals surface area (Å²) >= 11 is 3.50. The predicted molar refractivity (Wildman–Crippen MR) is 83.1 cm³/mol. The lowest BCUT2D eigenvalue weighted by Gasteiger charge is -2.48. The lowest BCUT2D eigenvalue weighted by molar-refractivity contribution is 0.0310. The van der Waals surface area contributed by atoms with Gasteiger partial charge in [-0.15, -0.1) is 0 Å². The number of rotatable bonds is 3. The van der Waals surface area contributed by atoms with Crippen LogP contribution in [0.1, 0.15) is 32.3 Å². The van der Waals surface area contributed by atoms with Crippen LogP contribution in [-0.2, 0) is 6.54 Å². The Labute approximate surface area is 128 Å². The minimum atomic E-state index is -0.181. The number of nitrogens with one attached hydrogen (secondary N) is 1. The molecule has 1 aliphatic carbocycles. The van der Waals surface area contributed by atoms with E-state index in [9.17, 15) is 4.39 Å². The molecule has 0 bridgehead atoms. The van der Waals surface area contributed by atoms with Gasteiger partial charge in [0.15, 0.2) is 0 Å². The Kier molecular flexibility index (Phi) is 3.91. The Hall–Kier alpha value is -0.450. The first-order chi connectivity index (χ1) is 9.49. The van der Waals surface area contributed by atoms with Gasteiger partial charge in [-0.25, -0.2) is 4.39 Å². The average molecular weight is 341 g/mol. The molecule has 0 radical (unpaired) electrons. The molecule has 4 heteroatoms. The summed E-state index contributed by atoms with van der Waals surface area (Å²) in [6, 6.07) is 5.54. The number of hydrogen-bond acceptors (Lipinski definition) is 2. The van der Waals surface area contributed by atoms with Crippen LogP contribution < -0.4 is 5.32 Å². The van der Waals surface area contributed by atoms with E-state index in [4.69, 9.17) is 0 Å². The Balaban J connectivity index is 1.82. The minimum Gasteiger partial charge on any atom is -0.311 e. The standard InChI is InChI=1S/C16H22BrFN2/c1-11-8-20(16(2,10-19-11)13-4-5-13)9-12-3-6-14(18)7-15(12)17/h3,6-7,11,13,19H,4-5,8-10H2,1-2H3. The highest BCUT2D eigenvalue weighted by atomic mass is 79.9. The number of halogens is 2. The van der Waals surface area contributed by atoms with Gasteiger partial charge in [0.2, 0.25) is 0 Å². The third kappa shape index (κ3) is 2.78. The van der Waals surface area contributed by atoms with Gasteiger partial charge in [-0.2, -0.15) is 0 Å². The third-order valence-corrected chi connectivity index (χ3v) is 5.60. The number of benzene rings is 1. The van der Waals surface area contributed by atoms with Crippen molar-refractivity contribution in [1.82, 2.24) is 10.2 Å². The molecule has 2 aliphatic rings. The van der Waals surface area contributed by atoms with Gasteiger partial charge in [-0.1, -0.05) is 22.0 Å². The van der Waals surface area contributed by atoms with E-state index >= 15 is 0 Å². The largest absolute Gasteiger partial charge is 0.311 e. The summed E-state index contributed by atoms with van der Waals surface area (Å²) in [6.07, 6.45) is 2.68. The molecule has 0 aromatic heterocycles. The van der Waals surface area contributed by atoms with Crippen LogP contribution in [0.2, 0.25) is 0 Å². The molecular formula is C16H22BrFN2. The zero-order valence-corrected chi connectivity index (χ0v) is 13.7. The molecule has 20 heavy (non-hydrogen) atoms. The van der Waals surface area contributed by atoms with E-state index in [1.807, 2.05) is 6.07 Å². The van der Waals surface area contributed by atoms with Gasteiger partial charge in [0.25, 0.3) is 0 Å². The van der Waals surface area contributed by atoms with Crippen LogP contribution in [-0.4, -0.2) is 29.6 Å². The van der Waals surface area contributed by atoms with E-state index in [-0.39, 0.29) is 11.4 Å². The number of piperazine rings is 1. The highest BCUT2D eigenvalue weighted by Crippen LogP contribution is 2.44. The lowest BCUT2D eigenvalue weighted by atomic mass is 9.89. The second-order valence-electron chi connectivity index (χ2n) is 6.53. The third-order valence-electron chi connectivity index (χ3n) is 4.86. The van der Waals surface area contributed by atoms with E-state index in [0.29, 0.717) is 6.04 Å². The van der Waals surface area contributed by atoms with Crippen LogP contribution in [0, 0.1) is 11.7 Å². The van der Waals surface area contributed by atoms with Crippen molar-refractivity contribution in [2.75, 3.05) is 13.1 Å². The van der Waals surface area contributed by atoms with E-state index in [1.165, 1.54) is 18.4 Å². The molecule has 1 N–H and O–H groups in total. The summed E-state index contributed by atoms with van der Waals surface area (Å²) in [5.41, 5.74) is 1.41. The summed E-state index contributed by atoms with van der Waals surface area (Å²) in [4.78, 5) is 2.59. The fraction of sp³-hybridized carbons (Fsp3) is 0.625. The van der Waals surface area contributed by atoms with Crippen molar-refractivity contribution < 1.29 is 4.39 Å². The SMILES string of the molecule is CC1CN(Cc2ccc(F)cc2Br)C(C)(C2CC2)CN1. The Bertz CT molecular complexity index is 503. The van der Waals surface area contributed by atoms with Crippen LogP contribution in [0.25, 0.3) is 0 Å². The quantitative estimate of drug-likeness (QED) is 0.905. The van der Waals surface area contributed by atoms with E-state index < -0.39 is 0 Å².